The van der Waals surface area contributed by atoms with Crippen molar-refractivity contribution in [2.75, 3.05) is 32.8 Å². The van der Waals surface area contributed by atoms with Crippen molar-refractivity contribution in [3.63, 3.8) is 0 Å². The van der Waals surface area contributed by atoms with E-state index in [4.69, 9.17) is 9.72 Å². The summed E-state index contributed by atoms with van der Waals surface area (Å²) >= 11 is 0. The zero-order valence-corrected chi connectivity index (χ0v) is 16.9. The molecule has 1 aromatic heterocycles. The fraction of sp³-hybridized carbons (Fsp3) is 0.348. The van der Waals surface area contributed by atoms with E-state index >= 15 is 0 Å². The molecule has 3 aromatic rings. The number of hydrogen-bond acceptors (Lipinski definition) is 4. The maximum atomic E-state index is 12.8. The molecule has 1 saturated heterocycles. The Labute approximate surface area is 175 Å². The first-order valence-electron chi connectivity index (χ1n) is 10.4. The normalized spacial score (nSPS) is 14.1. The molecule has 1 fully saturated rings. The molecule has 1 aliphatic heterocycles. The first-order valence-corrected chi connectivity index (χ1v) is 10.4. The number of imidazole rings is 1. The summed E-state index contributed by atoms with van der Waals surface area (Å²) in [6.45, 7) is 3.26. The number of fused-ring (bicyclic) bond motifs is 1. The van der Waals surface area contributed by atoms with Gasteiger partial charge in [0.2, 0.25) is 5.91 Å². The lowest BCUT2D eigenvalue weighted by Crippen LogP contribution is -2.42. The minimum Gasteiger partial charge on any atom is -0.378 e. The molecule has 7 heteroatoms. The Morgan fingerprint density at radius 3 is 2.53 bits per heavy atom. The Balaban J connectivity index is 1.41. The molecular weight excluding hydrogens is 380 g/mol. The molecule has 1 N–H and O–H groups in total. The van der Waals surface area contributed by atoms with Crippen LogP contribution in [0.25, 0.3) is 11.0 Å². The minimum atomic E-state index is -0.0772. The summed E-state index contributed by atoms with van der Waals surface area (Å²) < 4.78 is 7.35. The van der Waals surface area contributed by atoms with E-state index < -0.39 is 0 Å². The van der Waals surface area contributed by atoms with Gasteiger partial charge in [-0.05, 0) is 30.7 Å². The summed E-state index contributed by atoms with van der Waals surface area (Å²) in [6, 6.07) is 17.1. The van der Waals surface area contributed by atoms with E-state index in [2.05, 4.69) is 5.32 Å². The quantitative estimate of drug-likeness (QED) is 0.611. The number of carbonyl (C=O) groups is 2. The van der Waals surface area contributed by atoms with Gasteiger partial charge in [-0.25, -0.2) is 4.98 Å². The number of ether oxygens (including phenoxy) is 1. The topological polar surface area (TPSA) is 76.5 Å². The number of para-hydroxylation sites is 2. The summed E-state index contributed by atoms with van der Waals surface area (Å²) in [5, 5.41) is 2.95. The Kier molecular flexibility index (Phi) is 6.39. The summed E-state index contributed by atoms with van der Waals surface area (Å²) in [4.78, 5) is 31.6. The van der Waals surface area contributed by atoms with Crippen molar-refractivity contribution in [3.05, 3.63) is 66.0 Å². The first-order chi connectivity index (χ1) is 14.7. The second-order valence-corrected chi connectivity index (χ2v) is 7.32. The van der Waals surface area contributed by atoms with Gasteiger partial charge in [0.05, 0.1) is 24.2 Å². The van der Waals surface area contributed by atoms with Gasteiger partial charge in [-0.2, -0.15) is 0 Å². The lowest BCUT2D eigenvalue weighted by Gasteiger charge is -2.27. The SMILES string of the molecule is O=C(NCCCc1nc2ccccc2n1CC(=O)N1CCOCC1)c1ccccc1. The molecule has 0 bridgehead atoms. The first kappa shape index (κ1) is 20.1. The minimum absolute atomic E-state index is 0.0772. The second-order valence-electron chi connectivity index (χ2n) is 7.32. The molecule has 0 unspecified atom stereocenters. The largest absolute Gasteiger partial charge is 0.378 e. The summed E-state index contributed by atoms with van der Waals surface area (Å²) in [6.07, 6.45) is 1.42. The Morgan fingerprint density at radius 2 is 1.73 bits per heavy atom. The number of nitrogens with zero attached hydrogens (tertiary/aromatic N) is 3. The van der Waals surface area contributed by atoms with E-state index in [0.717, 1.165) is 23.3 Å². The predicted octanol–water partition coefficient (Wildman–Crippen LogP) is 2.26. The molecular formula is C23H26N4O3. The van der Waals surface area contributed by atoms with Gasteiger partial charge >= 0.3 is 0 Å². The van der Waals surface area contributed by atoms with E-state index in [9.17, 15) is 9.59 Å². The summed E-state index contributed by atoms with van der Waals surface area (Å²) in [7, 11) is 0. The van der Waals surface area contributed by atoms with E-state index in [1.165, 1.54) is 0 Å². The number of carbonyl (C=O) groups excluding carboxylic acids is 2. The third-order valence-corrected chi connectivity index (χ3v) is 5.29. The Bertz CT molecular complexity index is 1010. The molecule has 7 nitrogen and oxygen atoms in total. The van der Waals surface area contributed by atoms with Gasteiger partial charge in [-0.3, -0.25) is 9.59 Å². The van der Waals surface area contributed by atoms with Crippen molar-refractivity contribution >= 4 is 22.8 Å². The zero-order chi connectivity index (χ0) is 20.8. The van der Waals surface area contributed by atoms with Crippen LogP contribution in [0.15, 0.2) is 54.6 Å². The number of nitrogens with one attached hydrogen (secondary N) is 1. The van der Waals surface area contributed by atoms with Crippen LogP contribution in [0.4, 0.5) is 0 Å². The maximum absolute atomic E-state index is 12.8. The van der Waals surface area contributed by atoms with Gasteiger partial charge in [0.25, 0.3) is 5.91 Å². The molecule has 1 aliphatic rings. The van der Waals surface area contributed by atoms with Crippen LogP contribution >= 0.6 is 0 Å². The van der Waals surface area contributed by atoms with Gasteiger partial charge in [-0.15, -0.1) is 0 Å². The fourth-order valence-electron chi connectivity index (χ4n) is 3.68. The van der Waals surface area contributed by atoms with Crippen molar-refractivity contribution in [1.82, 2.24) is 19.8 Å². The zero-order valence-electron chi connectivity index (χ0n) is 16.9. The number of aromatic nitrogens is 2. The van der Waals surface area contributed by atoms with E-state index in [0.29, 0.717) is 44.8 Å². The molecule has 156 valence electrons. The van der Waals surface area contributed by atoms with Gasteiger partial charge in [-0.1, -0.05) is 30.3 Å². The maximum Gasteiger partial charge on any atom is 0.251 e. The molecule has 2 aromatic carbocycles. The number of benzene rings is 2. The lowest BCUT2D eigenvalue weighted by atomic mass is 10.2. The Morgan fingerprint density at radius 1 is 1.00 bits per heavy atom. The van der Waals surface area contributed by atoms with Crippen LogP contribution in [0.5, 0.6) is 0 Å². The average molecular weight is 406 g/mol. The van der Waals surface area contributed by atoms with Gasteiger partial charge in [0.1, 0.15) is 12.4 Å². The summed E-state index contributed by atoms with van der Waals surface area (Å²) in [5.41, 5.74) is 2.50. The molecule has 0 radical (unpaired) electrons. The van der Waals surface area contributed by atoms with Gasteiger partial charge in [0.15, 0.2) is 0 Å². The number of aryl methyl sites for hydroxylation is 1. The van der Waals surface area contributed by atoms with Crippen molar-refractivity contribution in [1.29, 1.82) is 0 Å². The van der Waals surface area contributed by atoms with Crippen LogP contribution in [0.1, 0.15) is 22.6 Å². The molecule has 30 heavy (non-hydrogen) atoms. The van der Waals surface area contributed by atoms with Crippen molar-refractivity contribution in [2.45, 2.75) is 19.4 Å². The molecule has 0 saturated carbocycles. The number of amides is 2. The molecule has 2 amide bonds. The monoisotopic (exact) mass is 406 g/mol. The van der Waals surface area contributed by atoms with Gasteiger partial charge < -0.3 is 19.5 Å². The lowest BCUT2D eigenvalue weighted by molar-refractivity contribution is -0.135. The molecule has 0 atom stereocenters. The highest BCUT2D eigenvalue weighted by Crippen LogP contribution is 2.18. The van der Waals surface area contributed by atoms with Crippen LogP contribution in [0.3, 0.4) is 0 Å². The van der Waals surface area contributed by atoms with Crippen molar-refractivity contribution < 1.29 is 14.3 Å². The van der Waals surface area contributed by atoms with Crippen LogP contribution in [0.2, 0.25) is 0 Å². The van der Waals surface area contributed by atoms with Crippen LogP contribution in [0, 0.1) is 0 Å². The highest BCUT2D eigenvalue weighted by atomic mass is 16.5. The second kappa shape index (κ2) is 9.54. The molecule has 4 rings (SSSR count). The smallest absolute Gasteiger partial charge is 0.251 e. The Hall–Kier alpha value is -3.19. The third-order valence-electron chi connectivity index (χ3n) is 5.29. The third kappa shape index (κ3) is 4.68. The van der Waals surface area contributed by atoms with Crippen LogP contribution in [-0.4, -0.2) is 59.1 Å². The molecule has 2 heterocycles. The van der Waals surface area contributed by atoms with Crippen LogP contribution in [-0.2, 0) is 22.5 Å². The molecule has 0 aliphatic carbocycles. The number of morpholine rings is 1. The van der Waals surface area contributed by atoms with Crippen LogP contribution < -0.4 is 5.32 Å². The summed E-state index contributed by atoms with van der Waals surface area (Å²) in [5.74, 6) is 0.874. The number of rotatable bonds is 7. The highest BCUT2D eigenvalue weighted by molar-refractivity contribution is 5.94. The number of hydrogen-bond donors (Lipinski definition) is 1. The highest BCUT2D eigenvalue weighted by Gasteiger charge is 2.20. The fourth-order valence-corrected chi connectivity index (χ4v) is 3.68. The van der Waals surface area contributed by atoms with Crippen molar-refractivity contribution in [2.24, 2.45) is 0 Å². The standard InChI is InChI=1S/C23H26N4O3/c28-22(26-13-15-30-16-14-26)17-27-20-10-5-4-9-19(20)25-21(27)11-6-12-24-23(29)18-7-2-1-3-8-18/h1-5,7-10H,6,11-17H2,(H,24,29). The van der Waals surface area contributed by atoms with E-state index in [1.54, 1.807) is 12.1 Å². The van der Waals surface area contributed by atoms with Gasteiger partial charge in [0, 0.05) is 31.6 Å². The van der Waals surface area contributed by atoms with E-state index in [1.807, 2.05) is 51.9 Å². The van der Waals surface area contributed by atoms with E-state index in [-0.39, 0.29) is 18.4 Å². The average Bonchev–Trinajstić information content (AvgIpc) is 3.15. The molecule has 0 spiro atoms. The van der Waals surface area contributed by atoms with Crippen molar-refractivity contribution in [3.8, 4) is 0 Å². The predicted molar refractivity (Wildman–Crippen MR) is 114 cm³/mol.